The molecule has 0 atom stereocenters. The summed E-state index contributed by atoms with van der Waals surface area (Å²) >= 11 is 0. The number of carboxylic acids is 2. The van der Waals surface area contributed by atoms with Crippen molar-refractivity contribution in [3.63, 3.8) is 0 Å². The smallest absolute Gasteiger partial charge is 0.744 e. The quantitative estimate of drug-likeness (QED) is 0.0667. The standard InChI is InChI=1S/C15H22O3S.C6H4O4S.2C3H6O2.4Na.H2/c1-3-5-7-8-9-10-12-14-15(19(16,17)18)13-11-6-4-2;1-2-3-4-5-6(7)11(8,9)10;2*1-2-3(4)5;;;;;/h2-3,5,7-10,12,14H2,1H3,(H,16,17,18);7H,1H2,(H,8,9,10);2*2H2,1H3,(H,4,5);;;;;1H/q;;;;4*+1;/p-4. The predicted octanol–water partition coefficient (Wildman–Crippen LogP) is -9.46. The van der Waals surface area contributed by atoms with Crippen LogP contribution in [-0.4, -0.2) is 43.0 Å². The van der Waals surface area contributed by atoms with Gasteiger partial charge in [-0.25, -0.2) is 16.8 Å². The number of carboxylic acid groups (broad SMARTS) is 2. The molecule has 0 heterocycles. The largest absolute Gasteiger partial charge is 1.00 e. The Balaban J connectivity index is -0.0000000610. The molecule has 17 heteroatoms. The average Bonchev–Trinajstić information content (AvgIpc) is 2.87. The van der Waals surface area contributed by atoms with E-state index in [2.05, 4.69) is 48.7 Å². The van der Waals surface area contributed by atoms with Crippen molar-refractivity contribution in [1.29, 1.82) is 0 Å². The third-order valence-electron chi connectivity index (χ3n) is 3.80. The van der Waals surface area contributed by atoms with Crippen molar-refractivity contribution in [1.82, 2.24) is 0 Å². The van der Waals surface area contributed by atoms with E-state index in [9.17, 15) is 45.7 Å². The molecule has 0 spiro atoms. The van der Waals surface area contributed by atoms with Crippen LogP contribution in [0.5, 0.6) is 0 Å². The number of hydrogen-bond donors (Lipinski definition) is 1. The molecule has 0 amide bonds. The topological polar surface area (TPSA) is 215 Å². The Morgan fingerprint density at radius 3 is 1.30 bits per heavy atom. The van der Waals surface area contributed by atoms with Gasteiger partial charge in [0, 0.05) is 13.4 Å². The van der Waals surface area contributed by atoms with Gasteiger partial charge in [0.15, 0.2) is 10.1 Å². The average molecular weight is 693 g/mol. The van der Waals surface area contributed by atoms with E-state index in [-0.39, 0.29) is 144 Å². The molecule has 0 aromatic carbocycles. The molecule has 0 saturated heterocycles. The Hall–Kier alpha value is 0.280. The molecule has 0 unspecified atom stereocenters. The Labute approximate surface area is 351 Å². The SMILES string of the molecule is C=C=C=C=C=C(CCCCCCCCC)S(=O)(=O)[O-].C=C=C=C=C=C(O)S(=O)(=O)[O-].CCC(=O)[O-].CCC(=O)[O-].[HH].[Na+].[Na+].[Na+].[Na+]. The van der Waals surface area contributed by atoms with Crippen molar-refractivity contribution in [2.45, 2.75) is 85.0 Å². The molecule has 0 saturated carbocycles. The van der Waals surface area contributed by atoms with E-state index < -0.39 is 37.3 Å². The van der Waals surface area contributed by atoms with Gasteiger partial charge < -0.3 is 34.0 Å². The molecule has 0 aliphatic heterocycles. The molecule has 0 aliphatic carbocycles. The first-order chi connectivity index (χ1) is 18.5. The summed E-state index contributed by atoms with van der Waals surface area (Å²) < 4.78 is 62.7. The van der Waals surface area contributed by atoms with Crippen molar-refractivity contribution in [2.75, 3.05) is 0 Å². The number of aliphatic hydroxyl groups is 1. The van der Waals surface area contributed by atoms with Crippen LogP contribution in [0.3, 0.4) is 0 Å². The number of aliphatic carboxylic acids is 2. The Morgan fingerprint density at radius 1 is 0.659 bits per heavy atom. The van der Waals surface area contributed by atoms with Crippen LogP contribution in [0, 0.1) is 0 Å². The molecule has 0 aromatic rings. The van der Waals surface area contributed by atoms with Crippen LogP contribution < -0.4 is 128 Å². The third kappa shape index (κ3) is 57.9. The predicted molar refractivity (Wildman–Crippen MR) is 144 cm³/mol. The molecule has 0 aliphatic rings. The molecule has 0 rings (SSSR count). The van der Waals surface area contributed by atoms with E-state index in [1.54, 1.807) is 5.73 Å². The molecular formula is C27H36Na4O11S2. The monoisotopic (exact) mass is 692 g/mol. The van der Waals surface area contributed by atoms with Crippen molar-refractivity contribution in [3.05, 3.63) is 69.0 Å². The van der Waals surface area contributed by atoms with Gasteiger partial charge in [0.1, 0.15) is 10.1 Å². The van der Waals surface area contributed by atoms with Crippen LogP contribution in [0.25, 0.3) is 0 Å². The summed E-state index contributed by atoms with van der Waals surface area (Å²) in [5.74, 6) is -1.99. The van der Waals surface area contributed by atoms with Gasteiger partial charge in [-0.1, -0.05) is 70.8 Å². The van der Waals surface area contributed by atoms with E-state index in [1.807, 2.05) is 11.5 Å². The maximum absolute atomic E-state index is 11.0. The zero-order valence-electron chi connectivity index (χ0n) is 26.8. The van der Waals surface area contributed by atoms with Crippen LogP contribution in [-0.2, 0) is 29.8 Å². The van der Waals surface area contributed by atoms with Gasteiger partial charge in [-0.05, 0) is 73.2 Å². The van der Waals surface area contributed by atoms with Gasteiger partial charge in [-0.2, -0.15) is 0 Å². The van der Waals surface area contributed by atoms with Crippen LogP contribution in [0.4, 0.5) is 0 Å². The van der Waals surface area contributed by atoms with Gasteiger partial charge in [0.2, 0.25) is 5.09 Å². The number of carbonyl (C=O) groups excluding carboxylic acids is 2. The van der Waals surface area contributed by atoms with Crippen molar-refractivity contribution < 1.29 is 171 Å². The number of unbranched alkanes of at least 4 members (excludes halogenated alkanes) is 6. The maximum Gasteiger partial charge on any atom is 1.00 e. The molecule has 44 heavy (non-hydrogen) atoms. The van der Waals surface area contributed by atoms with Crippen LogP contribution in [0.2, 0.25) is 0 Å². The summed E-state index contributed by atoms with van der Waals surface area (Å²) in [6.45, 7) is 11.6. The number of aliphatic hydroxyl groups excluding tert-OH is 1. The fourth-order valence-electron chi connectivity index (χ4n) is 1.83. The first-order valence-corrected chi connectivity index (χ1v) is 14.7. The molecule has 11 nitrogen and oxygen atoms in total. The maximum atomic E-state index is 11.0. The first kappa shape index (κ1) is 63.0. The third-order valence-corrected chi connectivity index (χ3v) is 5.28. The van der Waals surface area contributed by atoms with Gasteiger partial charge in [0.05, 0.1) is 4.91 Å². The fourth-order valence-corrected chi connectivity index (χ4v) is 2.58. The van der Waals surface area contributed by atoms with Gasteiger partial charge >= 0.3 is 118 Å². The number of rotatable bonds is 12. The van der Waals surface area contributed by atoms with E-state index in [0.717, 1.165) is 19.3 Å². The second kappa shape index (κ2) is 43.3. The summed E-state index contributed by atoms with van der Waals surface area (Å²) in [5, 5.41) is 25.5. The molecule has 0 bridgehead atoms. The zero-order chi connectivity index (χ0) is 32.0. The molecular weight excluding hydrogens is 656 g/mol. The van der Waals surface area contributed by atoms with Crippen LogP contribution in [0.15, 0.2) is 69.0 Å². The second-order valence-corrected chi connectivity index (χ2v) is 9.76. The number of carbonyl (C=O) groups is 2. The molecule has 0 fully saturated rings. The summed E-state index contributed by atoms with van der Waals surface area (Å²) in [4.78, 5) is 18.3. The number of hydrogen-bond acceptors (Lipinski definition) is 11. The number of allylic oxidation sites excluding steroid dienone is 1. The van der Waals surface area contributed by atoms with Crippen LogP contribution >= 0.6 is 0 Å². The summed E-state index contributed by atoms with van der Waals surface area (Å²) in [7, 11) is -9.26. The minimum absolute atomic E-state index is 0. The minimum atomic E-state index is -4.82. The Morgan fingerprint density at radius 2 is 1.00 bits per heavy atom. The molecule has 0 aromatic heterocycles. The normalized spacial score (nSPS) is 8.11. The van der Waals surface area contributed by atoms with Crippen molar-refractivity contribution >= 4 is 32.2 Å². The van der Waals surface area contributed by atoms with Gasteiger partial charge in [-0.15, -0.1) is 0 Å². The summed E-state index contributed by atoms with van der Waals surface area (Å²) in [6, 6.07) is 0. The van der Waals surface area contributed by atoms with Crippen molar-refractivity contribution in [2.24, 2.45) is 0 Å². The fraction of sp³-hybridized carbons (Fsp3) is 0.481. The van der Waals surface area contributed by atoms with Gasteiger partial charge in [-0.3, -0.25) is 0 Å². The molecule has 1 N–H and O–H groups in total. The van der Waals surface area contributed by atoms with E-state index >= 15 is 0 Å². The van der Waals surface area contributed by atoms with E-state index in [0.29, 0.717) is 6.42 Å². The Bertz CT molecular complexity index is 1320. The zero-order valence-corrected chi connectivity index (χ0v) is 36.5. The van der Waals surface area contributed by atoms with Gasteiger partial charge in [0.25, 0.3) is 0 Å². The molecule has 0 radical (unpaired) electrons. The second-order valence-electron chi connectivity index (χ2n) is 7.06. The minimum Gasteiger partial charge on any atom is -0.744 e. The first-order valence-electron chi connectivity index (χ1n) is 11.8. The molecule has 226 valence electrons. The summed E-state index contributed by atoms with van der Waals surface area (Å²) in [5.41, 5.74) is 16.9. The van der Waals surface area contributed by atoms with E-state index in [1.165, 1.54) is 33.1 Å². The summed E-state index contributed by atoms with van der Waals surface area (Å²) in [6.07, 6.45) is 7.92. The van der Waals surface area contributed by atoms with Crippen molar-refractivity contribution in [3.8, 4) is 0 Å². The Kier molecular flexibility index (Phi) is 62.0. The van der Waals surface area contributed by atoms with Crippen LogP contribution in [0.1, 0.15) is 86.4 Å². The van der Waals surface area contributed by atoms with E-state index in [4.69, 9.17) is 5.11 Å².